The Morgan fingerprint density at radius 2 is 0.857 bits per heavy atom. The normalized spacial score (nSPS) is 12.9. The monoisotopic (exact) mass is 581 g/mol. The fourth-order valence-electron chi connectivity index (χ4n) is 5.83. The summed E-state index contributed by atoms with van der Waals surface area (Å²) in [6.45, 7) is 13.3. The van der Waals surface area contributed by atoms with Crippen molar-refractivity contribution in [1.29, 1.82) is 0 Å². The van der Waals surface area contributed by atoms with Crippen LogP contribution in [0.25, 0.3) is 0 Å². The predicted molar refractivity (Wildman–Crippen MR) is 147 cm³/mol. The first-order chi connectivity index (χ1) is 16.4. The van der Waals surface area contributed by atoms with Gasteiger partial charge in [-0.1, -0.05) is 0 Å². The summed E-state index contributed by atoms with van der Waals surface area (Å²) >= 11 is -4.04. The minimum absolute atomic E-state index is 0.243. The first-order valence-corrected chi connectivity index (χ1v) is 19.6. The Balaban J connectivity index is 2.12. The minimum atomic E-state index is -4.04. The standard InChI is InChI=1S/3C10H13.NO3.Sn/c3*1-10(2,3)9-7-5-4-6-8-9;2-1(3)4;/h3*4-8H,1H2,2-3H3;;/q;;;-1;+1. The van der Waals surface area contributed by atoms with E-state index in [1.165, 1.54) is 16.7 Å². The van der Waals surface area contributed by atoms with E-state index >= 15 is 0 Å². The molecule has 0 heterocycles. The van der Waals surface area contributed by atoms with Gasteiger partial charge in [0.1, 0.15) is 0 Å². The van der Waals surface area contributed by atoms with Gasteiger partial charge >= 0.3 is 216 Å². The molecule has 0 unspecified atom stereocenters. The van der Waals surface area contributed by atoms with Crippen LogP contribution in [0.15, 0.2) is 91.0 Å². The van der Waals surface area contributed by atoms with Crippen LogP contribution >= 0.6 is 0 Å². The van der Waals surface area contributed by atoms with Gasteiger partial charge in [-0.2, -0.15) is 0 Å². The molecule has 0 radical (unpaired) electrons. The maximum atomic E-state index is 12.1. The second kappa shape index (κ2) is 10.7. The van der Waals surface area contributed by atoms with Gasteiger partial charge in [0.05, 0.1) is 0 Å². The van der Waals surface area contributed by atoms with Crippen LogP contribution in [0.1, 0.15) is 58.2 Å². The first-order valence-electron chi connectivity index (χ1n) is 12.4. The first kappa shape index (κ1) is 27.2. The SMILES string of the molecule is CC(C)([CH2][Sn]([CH2]C(C)(C)c1ccccc1)([CH2]C(C)(C)c1ccccc1)[O][N+](=O)[O-])c1ccccc1. The summed E-state index contributed by atoms with van der Waals surface area (Å²) in [5, 5.41) is 11.6. The van der Waals surface area contributed by atoms with Crippen LogP contribution < -0.4 is 0 Å². The Kier molecular flexibility index (Phi) is 8.36. The summed E-state index contributed by atoms with van der Waals surface area (Å²) in [5.41, 5.74) is 2.86. The number of benzene rings is 3. The number of hydrogen-bond acceptors (Lipinski definition) is 3. The van der Waals surface area contributed by atoms with E-state index in [9.17, 15) is 10.1 Å². The van der Waals surface area contributed by atoms with Gasteiger partial charge in [0, 0.05) is 0 Å². The summed E-state index contributed by atoms with van der Waals surface area (Å²) in [5.74, 6) is 0. The van der Waals surface area contributed by atoms with Crippen LogP contribution in [0.2, 0.25) is 13.3 Å². The van der Waals surface area contributed by atoms with E-state index < -0.39 is 23.9 Å². The molecular weight excluding hydrogens is 541 g/mol. The zero-order valence-corrected chi connectivity index (χ0v) is 24.8. The molecule has 0 N–H and O–H groups in total. The Hall–Kier alpha value is -2.34. The van der Waals surface area contributed by atoms with Crippen LogP contribution in [0.4, 0.5) is 0 Å². The quantitative estimate of drug-likeness (QED) is 0.131. The summed E-state index contributed by atoms with van der Waals surface area (Å²) in [6.07, 6.45) is 0. The Bertz CT molecular complexity index is 966. The molecule has 0 fully saturated rings. The third kappa shape index (κ3) is 7.09. The summed E-state index contributed by atoms with van der Waals surface area (Å²) in [7, 11) is 0. The van der Waals surface area contributed by atoms with Gasteiger partial charge in [0.2, 0.25) is 0 Å². The summed E-state index contributed by atoms with van der Waals surface area (Å²) in [6, 6.07) is 31.1. The van der Waals surface area contributed by atoms with E-state index in [4.69, 9.17) is 3.17 Å². The van der Waals surface area contributed by atoms with Crippen LogP contribution in [0.5, 0.6) is 0 Å². The summed E-state index contributed by atoms with van der Waals surface area (Å²) in [4.78, 5) is 12.1. The van der Waals surface area contributed by atoms with E-state index in [-0.39, 0.29) is 16.2 Å². The van der Waals surface area contributed by atoms with Crippen LogP contribution in [0.3, 0.4) is 0 Å². The van der Waals surface area contributed by atoms with Crippen molar-refractivity contribution < 1.29 is 8.26 Å². The van der Waals surface area contributed by atoms with Gasteiger partial charge in [0.25, 0.3) is 0 Å². The van der Waals surface area contributed by atoms with Gasteiger partial charge in [-0.15, -0.1) is 0 Å². The molecule has 0 aliphatic rings. The third-order valence-electron chi connectivity index (χ3n) is 7.23. The fourth-order valence-corrected chi connectivity index (χ4v) is 23.9. The molecule has 0 saturated carbocycles. The van der Waals surface area contributed by atoms with E-state index in [0.29, 0.717) is 0 Å². The van der Waals surface area contributed by atoms with Gasteiger partial charge < -0.3 is 0 Å². The van der Waals surface area contributed by atoms with Crippen molar-refractivity contribution in [2.24, 2.45) is 0 Å². The molecule has 5 heteroatoms. The molecule has 0 bridgehead atoms. The average Bonchev–Trinajstić information content (AvgIpc) is 2.79. The molecule has 0 spiro atoms. The zero-order chi connectivity index (χ0) is 25.7. The molecular formula is C30H39NO3Sn. The van der Waals surface area contributed by atoms with Crippen molar-refractivity contribution in [3.05, 3.63) is 118 Å². The molecule has 0 amide bonds. The second-order valence-corrected chi connectivity index (χ2v) is 22.1. The number of rotatable bonds is 11. The van der Waals surface area contributed by atoms with Crippen LogP contribution in [-0.2, 0) is 19.4 Å². The third-order valence-corrected chi connectivity index (χ3v) is 21.8. The van der Waals surface area contributed by atoms with Crippen molar-refractivity contribution >= 4 is 18.8 Å². The van der Waals surface area contributed by atoms with Crippen molar-refractivity contribution in [3.8, 4) is 0 Å². The van der Waals surface area contributed by atoms with Crippen molar-refractivity contribution in [2.75, 3.05) is 0 Å². The predicted octanol–water partition coefficient (Wildman–Crippen LogP) is 8.07. The molecule has 4 nitrogen and oxygen atoms in total. The summed E-state index contributed by atoms with van der Waals surface area (Å²) < 4.78 is 8.21. The Morgan fingerprint density at radius 1 is 0.600 bits per heavy atom. The van der Waals surface area contributed by atoms with Crippen molar-refractivity contribution in [1.82, 2.24) is 0 Å². The van der Waals surface area contributed by atoms with Crippen molar-refractivity contribution in [3.63, 3.8) is 0 Å². The number of nitrogens with zero attached hydrogens (tertiary/aromatic N) is 1. The molecule has 3 rings (SSSR count). The molecule has 3 aromatic carbocycles. The van der Waals surface area contributed by atoms with Gasteiger partial charge in [-0.25, -0.2) is 0 Å². The van der Waals surface area contributed by atoms with E-state index in [1.54, 1.807) is 0 Å². The molecule has 3 aromatic rings. The van der Waals surface area contributed by atoms with Crippen molar-refractivity contribution in [2.45, 2.75) is 71.1 Å². The van der Waals surface area contributed by atoms with E-state index in [1.807, 2.05) is 54.6 Å². The fraction of sp³-hybridized carbons (Fsp3) is 0.400. The molecule has 0 saturated heterocycles. The molecule has 0 aromatic heterocycles. The molecule has 35 heavy (non-hydrogen) atoms. The Labute approximate surface area is 215 Å². The molecule has 186 valence electrons. The molecule has 0 aliphatic carbocycles. The topological polar surface area (TPSA) is 52.4 Å². The molecule has 0 atom stereocenters. The second-order valence-electron chi connectivity index (χ2n) is 11.8. The van der Waals surface area contributed by atoms with Crippen LogP contribution in [0, 0.1) is 10.1 Å². The maximum absolute atomic E-state index is 12.1. The van der Waals surface area contributed by atoms with Crippen LogP contribution in [-0.4, -0.2) is 23.9 Å². The van der Waals surface area contributed by atoms with Gasteiger partial charge in [-0.05, 0) is 0 Å². The Morgan fingerprint density at radius 3 is 1.09 bits per heavy atom. The van der Waals surface area contributed by atoms with Gasteiger partial charge in [-0.3, -0.25) is 0 Å². The number of hydrogen-bond donors (Lipinski definition) is 0. The van der Waals surface area contributed by atoms with E-state index in [0.717, 1.165) is 13.3 Å². The average molecular weight is 580 g/mol. The zero-order valence-electron chi connectivity index (χ0n) is 22.0. The molecule has 0 aliphatic heterocycles. The van der Waals surface area contributed by atoms with E-state index in [2.05, 4.69) is 77.9 Å². The van der Waals surface area contributed by atoms with Gasteiger partial charge in [0.15, 0.2) is 0 Å².